The zero-order chi connectivity index (χ0) is 11.1. The van der Waals surface area contributed by atoms with Crippen LogP contribution in [0, 0.1) is 11.6 Å². The predicted octanol–water partition coefficient (Wildman–Crippen LogP) is 2.16. The maximum absolute atomic E-state index is 13.6. The Morgan fingerprint density at radius 2 is 2.12 bits per heavy atom. The fraction of sp³-hybridized carbons (Fsp3) is 0.500. The van der Waals surface area contributed by atoms with E-state index >= 15 is 0 Å². The molecule has 2 fully saturated rings. The van der Waals surface area contributed by atoms with Crippen LogP contribution in [0.25, 0.3) is 0 Å². The lowest BCUT2D eigenvalue weighted by molar-refractivity contribution is -0.0120. The van der Waals surface area contributed by atoms with Crippen LogP contribution in [0.5, 0.6) is 0 Å². The first-order valence-electron chi connectivity index (χ1n) is 5.58. The van der Waals surface area contributed by atoms with Gasteiger partial charge in [0.15, 0.2) is 0 Å². The van der Waals surface area contributed by atoms with Gasteiger partial charge in [-0.3, -0.25) is 0 Å². The van der Waals surface area contributed by atoms with Crippen molar-refractivity contribution in [2.45, 2.75) is 31.1 Å². The second kappa shape index (κ2) is 3.79. The summed E-state index contributed by atoms with van der Waals surface area (Å²) in [5, 5.41) is 3.23. The van der Waals surface area contributed by atoms with Crippen LogP contribution in [0.1, 0.15) is 24.4 Å². The highest BCUT2D eigenvalue weighted by Crippen LogP contribution is 2.35. The minimum Gasteiger partial charge on any atom is -0.372 e. The molecule has 4 heteroatoms. The second-order valence-electron chi connectivity index (χ2n) is 4.43. The Morgan fingerprint density at radius 1 is 1.25 bits per heavy atom. The molecular weight excluding hydrogens is 212 g/mol. The van der Waals surface area contributed by atoms with Gasteiger partial charge in [-0.15, -0.1) is 0 Å². The first-order valence-corrected chi connectivity index (χ1v) is 5.58. The molecule has 0 unspecified atom stereocenters. The van der Waals surface area contributed by atoms with Gasteiger partial charge in [-0.2, -0.15) is 0 Å². The smallest absolute Gasteiger partial charge is 0.128 e. The number of benzene rings is 1. The van der Waals surface area contributed by atoms with Crippen LogP contribution in [0.2, 0.25) is 0 Å². The van der Waals surface area contributed by atoms with Gasteiger partial charge in [-0.25, -0.2) is 8.78 Å². The van der Waals surface area contributed by atoms with E-state index in [1.807, 2.05) is 0 Å². The SMILES string of the molecule is Fc1ccc(F)c([C@H]2NC[C@H]3CC[C@@H]2O3)c1. The molecule has 3 rings (SSSR count). The summed E-state index contributed by atoms with van der Waals surface area (Å²) in [6.45, 7) is 0.719. The molecule has 0 spiro atoms. The Bertz CT molecular complexity index is 410. The van der Waals surface area contributed by atoms with Crippen molar-refractivity contribution in [3.63, 3.8) is 0 Å². The van der Waals surface area contributed by atoms with E-state index in [0.29, 0.717) is 5.56 Å². The molecule has 1 aromatic rings. The number of ether oxygens (including phenoxy) is 1. The lowest BCUT2D eigenvalue weighted by Crippen LogP contribution is -2.42. The molecular formula is C12H13F2NO. The number of hydrogen-bond acceptors (Lipinski definition) is 2. The molecule has 0 aliphatic carbocycles. The first-order chi connectivity index (χ1) is 7.74. The summed E-state index contributed by atoms with van der Waals surface area (Å²) in [5.41, 5.74) is 0.380. The molecule has 0 aromatic heterocycles. The first kappa shape index (κ1) is 10.2. The van der Waals surface area contributed by atoms with Crippen LogP contribution in [-0.2, 0) is 4.74 Å². The van der Waals surface area contributed by atoms with Gasteiger partial charge < -0.3 is 10.1 Å². The monoisotopic (exact) mass is 225 g/mol. The normalized spacial score (nSPS) is 33.0. The number of nitrogens with one attached hydrogen (secondary N) is 1. The van der Waals surface area contributed by atoms with E-state index in [4.69, 9.17) is 4.74 Å². The van der Waals surface area contributed by atoms with E-state index < -0.39 is 5.82 Å². The molecule has 2 aliphatic heterocycles. The molecule has 0 amide bonds. The third-order valence-corrected chi connectivity index (χ3v) is 3.37. The Balaban J connectivity index is 1.93. The molecule has 1 aromatic carbocycles. The van der Waals surface area contributed by atoms with E-state index in [2.05, 4.69) is 5.32 Å². The van der Waals surface area contributed by atoms with Crippen molar-refractivity contribution in [1.29, 1.82) is 0 Å². The van der Waals surface area contributed by atoms with Crippen LogP contribution in [0.15, 0.2) is 18.2 Å². The molecule has 2 heterocycles. The Hall–Kier alpha value is -1.00. The molecule has 0 saturated carbocycles. The molecule has 2 aliphatic rings. The van der Waals surface area contributed by atoms with Crippen LogP contribution in [0.3, 0.4) is 0 Å². The van der Waals surface area contributed by atoms with Gasteiger partial charge in [0.2, 0.25) is 0 Å². The summed E-state index contributed by atoms with van der Waals surface area (Å²) in [4.78, 5) is 0. The lowest BCUT2D eigenvalue weighted by atomic mass is 9.99. The number of halogens is 2. The molecule has 16 heavy (non-hydrogen) atoms. The van der Waals surface area contributed by atoms with Crippen molar-refractivity contribution < 1.29 is 13.5 Å². The van der Waals surface area contributed by atoms with Crippen molar-refractivity contribution in [2.75, 3.05) is 6.54 Å². The largest absolute Gasteiger partial charge is 0.372 e. The van der Waals surface area contributed by atoms with Gasteiger partial charge in [0.05, 0.1) is 18.2 Å². The Morgan fingerprint density at radius 3 is 3.00 bits per heavy atom. The van der Waals surface area contributed by atoms with Crippen LogP contribution in [-0.4, -0.2) is 18.8 Å². The van der Waals surface area contributed by atoms with E-state index in [-0.39, 0.29) is 24.1 Å². The van der Waals surface area contributed by atoms with Gasteiger partial charge in [0, 0.05) is 12.1 Å². The Kier molecular flexibility index (Phi) is 2.41. The number of rotatable bonds is 1. The lowest BCUT2D eigenvalue weighted by Gasteiger charge is -2.31. The topological polar surface area (TPSA) is 21.3 Å². The van der Waals surface area contributed by atoms with Gasteiger partial charge in [-0.05, 0) is 31.0 Å². The van der Waals surface area contributed by atoms with Crippen molar-refractivity contribution in [3.8, 4) is 0 Å². The zero-order valence-corrected chi connectivity index (χ0v) is 8.75. The molecule has 2 saturated heterocycles. The molecule has 1 N–H and O–H groups in total. The number of fused-ring (bicyclic) bond motifs is 2. The summed E-state index contributed by atoms with van der Waals surface area (Å²) < 4.78 is 32.4. The number of hydrogen-bond donors (Lipinski definition) is 1. The van der Waals surface area contributed by atoms with E-state index in [9.17, 15) is 8.78 Å². The van der Waals surface area contributed by atoms with Crippen molar-refractivity contribution >= 4 is 0 Å². The fourth-order valence-corrected chi connectivity index (χ4v) is 2.58. The minimum absolute atomic E-state index is 0.0185. The third kappa shape index (κ3) is 1.62. The second-order valence-corrected chi connectivity index (χ2v) is 4.43. The van der Waals surface area contributed by atoms with Crippen molar-refractivity contribution in [2.24, 2.45) is 0 Å². The maximum atomic E-state index is 13.6. The molecule has 3 atom stereocenters. The Labute approximate surface area is 92.6 Å². The number of morpholine rings is 1. The van der Waals surface area contributed by atoms with Gasteiger partial charge >= 0.3 is 0 Å². The van der Waals surface area contributed by atoms with Crippen molar-refractivity contribution in [3.05, 3.63) is 35.4 Å². The maximum Gasteiger partial charge on any atom is 0.128 e. The van der Waals surface area contributed by atoms with E-state index in [0.717, 1.165) is 25.5 Å². The highest BCUT2D eigenvalue weighted by atomic mass is 19.1. The summed E-state index contributed by atoms with van der Waals surface area (Å²) in [5.74, 6) is -0.772. The summed E-state index contributed by atoms with van der Waals surface area (Å²) in [6, 6.07) is 3.36. The molecule has 2 nitrogen and oxygen atoms in total. The van der Waals surface area contributed by atoms with E-state index in [1.165, 1.54) is 12.1 Å². The quantitative estimate of drug-likeness (QED) is 0.790. The van der Waals surface area contributed by atoms with Crippen molar-refractivity contribution in [1.82, 2.24) is 5.32 Å². The highest BCUT2D eigenvalue weighted by molar-refractivity contribution is 5.24. The van der Waals surface area contributed by atoms with E-state index in [1.54, 1.807) is 0 Å². The summed E-state index contributed by atoms with van der Waals surface area (Å²) >= 11 is 0. The van der Waals surface area contributed by atoms with Gasteiger partial charge in [0.1, 0.15) is 11.6 Å². The standard InChI is InChI=1S/C12H13F2NO/c13-7-1-3-10(14)9(5-7)12-11-4-2-8(16-11)6-15-12/h1,3,5,8,11-12,15H,2,4,6H2/t8-,11+,12-/m1/s1. The average molecular weight is 225 g/mol. The molecule has 0 radical (unpaired) electrons. The van der Waals surface area contributed by atoms with Crippen LogP contribution in [0.4, 0.5) is 8.78 Å². The van der Waals surface area contributed by atoms with Gasteiger partial charge in [0.25, 0.3) is 0 Å². The fourth-order valence-electron chi connectivity index (χ4n) is 2.58. The minimum atomic E-state index is -0.404. The third-order valence-electron chi connectivity index (χ3n) is 3.37. The summed E-state index contributed by atoms with van der Waals surface area (Å²) in [7, 11) is 0. The average Bonchev–Trinajstić information content (AvgIpc) is 2.65. The molecule has 86 valence electrons. The zero-order valence-electron chi connectivity index (χ0n) is 8.75. The van der Waals surface area contributed by atoms with Crippen LogP contribution < -0.4 is 5.32 Å². The summed E-state index contributed by atoms with van der Waals surface area (Å²) in [6.07, 6.45) is 2.15. The predicted molar refractivity (Wildman–Crippen MR) is 55.0 cm³/mol. The molecule has 2 bridgehead atoms. The van der Waals surface area contributed by atoms with Crippen LogP contribution >= 0.6 is 0 Å². The highest BCUT2D eigenvalue weighted by Gasteiger charge is 2.38. The van der Waals surface area contributed by atoms with Gasteiger partial charge in [-0.1, -0.05) is 0 Å².